The average molecular weight is 389 g/mol. The number of carbonyl (C=O) groups is 2. The molecule has 2 aromatic carbocycles. The molecule has 7 heteroatoms. The van der Waals surface area contributed by atoms with Crippen LogP contribution in [0.4, 0.5) is 4.79 Å². The van der Waals surface area contributed by atoms with Gasteiger partial charge in [0.25, 0.3) is 11.5 Å². The van der Waals surface area contributed by atoms with Crippen molar-refractivity contribution in [2.75, 3.05) is 0 Å². The molecule has 1 aliphatic heterocycles. The van der Waals surface area contributed by atoms with Gasteiger partial charge in [0.15, 0.2) is 5.54 Å². The van der Waals surface area contributed by atoms with Gasteiger partial charge in [0.1, 0.15) is 5.75 Å². The van der Waals surface area contributed by atoms with E-state index in [0.717, 1.165) is 11.1 Å². The first kappa shape index (κ1) is 18.5. The van der Waals surface area contributed by atoms with Gasteiger partial charge in [-0.15, -0.1) is 0 Å². The molecule has 2 heterocycles. The topological polar surface area (TPSA) is 100 Å². The molecule has 1 aliphatic rings. The molecule has 7 nitrogen and oxygen atoms in total. The van der Waals surface area contributed by atoms with E-state index in [9.17, 15) is 19.5 Å². The highest BCUT2D eigenvalue weighted by Crippen LogP contribution is 2.30. The molecule has 1 aromatic heterocycles. The molecule has 1 atom stereocenters. The van der Waals surface area contributed by atoms with Crippen molar-refractivity contribution in [3.63, 3.8) is 0 Å². The van der Waals surface area contributed by atoms with Gasteiger partial charge in [-0.3, -0.25) is 14.9 Å². The summed E-state index contributed by atoms with van der Waals surface area (Å²) < 4.78 is 1.42. The Labute approximate surface area is 166 Å². The van der Waals surface area contributed by atoms with Crippen LogP contribution in [0.5, 0.6) is 5.75 Å². The van der Waals surface area contributed by atoms with Crippen LogP contribution in [0, 0.1) is 6.92 Å². The number of phenols is 1. The number of carbonyl (C=O) groups excluding carboxylic acids is 2. The summed E-state index contributed by atoms with van der Waals surface area (Å²) >= 11 is 0. The lowest BCUT2D eigenvalue weighted by Crippen LogP contribution is -2.49. The quantitative estimate of drug-likeness (QED) is 0.596. The summed E-state index contributed by atoms with van der Waals surface area (Å²) in [6, 6.07) is 16.8. The van der Waals surface area contributed by atoms with Crippen LogP contribution >= 0.6 is 0 Å². The molecule has 3 amide bonds. The minimum absolute atomic E-state index is 0.0242. The van der Waals surface area contributed by atoms with Crippen molar-refractivity contribution in [3.8, 4) is 16.9 Å². The number of imide groups is 1. The molecular weight excluding hydrogens is 370 g/mol. The zero-order chi connectivity index (χ0) is 20.6. The molecule has 0 radical (unpaired) electrons. The monoisotopic (exact) mass is 389 g/mol. The molecule has 146 valence electrons. The Balaban J connectivity index is 1.75. The number of phenolic OH excluding ortho intramolecular Hbond substituents is 1. The van der Waals surface area contributed by atoms with Crippen molar-refractivity contribution >= 4 is 11.9 Å². The number of hydrogen-bond acceptors (Lipinski definition) is 4. The fourth-order valence-corrected chi connectivity index (χ4v) is 3.54. The van der Waals surface area contributed by atoms with Gasteiger partial charge in [0, 0.05) is 11.8 Å². The summed E-state index contributed by atoms with van der Waals surface area (Å²) in [7, 11) is 0. The number of rotatable bonds is 4. The lowest BCUT2D eigenvalue weighted by Gasteiger charge is -2.27. The molecule has 1 fully saturated rings. The highest BCUT2D eigenvalue weighted by atomic mass is 16.3. The predicted octanol–water partition coefficient (Wildman–Crippen LogP) is 2.26. The number of aromatic nitrogens is 1. The van der Waals surface area contributed by atoms with Crippen LogP contribution in [0.3, 0.4) is 0 Å². The van der Waals surface area contributed by atoms with E-state index in [4.69, 9.17) is 0 Å². The second-order valence-corrected chi connectivity index (χ2v) is 7.06. The van der Waals surface area contributed by atoms with Gasteiger partial charge in [-0.05, 0) is 41.8 Å². The van der Waals surface area contributed by atoms with Crippen LogP contribution in [-0.2, 0) is 16.9 Å². The SMILES string of the molecule is Cc1cccn(CC2(c3ccc(-c4ccc(O)cc4)cc3)NC(=O)NC2=O)c1=O. The first-order valence-electron chi connectivity index (χ1n) is 9.09. The van der Waals surface area contributed by atoms with E-state index < -0.39 is 17.5 Å². The van der Waals surface area contributed by atoms with Gasteiger partial charge >= 0.3 is 6.03 Å². The van der Waals surface area contributed by atoms with Crippen LogP contribution in [0.15, 0.2) is 71.7 Å². The van der Waals surface area contributed by atoms with Crippen molar-refractivity contribution in [2.24, 2.45) is 0 Å². The molecule has 3 aromatic rings. The number of amides is 3. The van der Waals surface area contributed by atoms with Gasteiger partial charge in [-0.1, -0.05) is 42.5 Å². The minimum Gasteiger partial charge on any atom is -0.508 e. The zero-order valence-corrected chi connectivity index (χ0v) is 15.7. The molecule has 29 heavy (non-hydrogen) atoms. The largest absolute Gasteiger partial charge is 0.508 e. The maximum absolute atomic E-state index is 12.8. The summed E-state index contributed by atoms with van der Waals surface area (Å²) in [4.78, 5) is 37.2. The number of aromatic hydroxyl groups is 1. The van der Waals surface area contributed by atoms with Gasteiger partial charge in [0.2, 0.25) is 0 Å². The Kier molecular flexibility index (Phi) is 4.43. The third kappa shape index (κ3) is 3.27. The number of pyridine rings is 1. The lowest BCUT2D eigenvalue weighted by atomic mass is 9.88. The Morgan fingerprint density at radius 3 is 2.14 bits per heavy atom. The standard InChI is InChI=1S/C22H19N3O4/c1-14-3-2-12-25(19(14)27)13-22(20(28)23-21(29)24-22)17-8-4-15(5-9-17)16-6-10-18(26)11-7-16/h2-12,26H,13H2,1H3,(H2,23,24,28,29). The number of urea groups is 1. The highest BCUT2D eigenvalue weighted by Gasteiger charge is 2.48. The Bertz CT molecular complexity index is 1150. The maximum Gasteiger partial charge on any atom is 0.322 e. The van der Waals surface area contributed by atoms with E-state index in [2.05, 4.69) is 10.6 Å². The molecular formula is C22H19N3O4. The molecule has 0 aliphatic carbocycles. The summed E-state index contributed by atoms with van der Waals surface area (Å²) in [6.07, 6.45) is 1.60. The number of nitrogens with zero attached hydrogens (tertiary/aromatic N) is 1. The highest BCUT2D eigenvalue weighted by molar-refractivity contribution is 6.07. The van der Waals surface area contributed by atoms with Crippen LogP contribution in [-0.4, -0.2) is 21.6 Å². The fourth-order valence-electron chi connectivity index (χ4n) is 3.54. The number of aryl methyl sites for hydroxylation is 1. The van der Waals surface area contributed by atoms with Crippen molar-refractivity contribution < 1.29 is 14.7 Å². The van der Waals surface area contributed by atoms with E-state index >= 15 is 0 Å². The van der Waals surface area contributed by atoms with Crippen LogP contribution in [0.1, 0.15) is 11.1 Å². The van der Waals surface area contributed by atoms with Crippen molar-refractivity contribution in [2.45, 2.75) is 19.0 Å². The second-order valence-electron chi connectivity index (χ2n) is 7.06. The van der Waals surface area contributed by atoms with Gasteiger partial charge in [-0.2, -0.15) is 0 Å². The van der Waals surface area contributed by atoms with Crippen LogP contribution in [0.2, 0.25) is 0 Å². The molecule has 3 N–H and O–H groups in total. The van der Waals surface area contributed by atoms with Crippen molar-refractivity contribution in [3.05, 3.63) is 88.3 Å². The Morgan fingerprint density at radius 2 is 1.55 bits per heavy atom. The van der Waals surface area contributed by atoms with E-state index in [1.807, 2.05) is 12.1 Å². The normalized spacial score (nSPS) is 18.4. The van der Waals surface area contributed by atoms with Crippen LogP contribution in [0.25, 0.3) is 11.1 Å². The van der Waals surface area contributed by atoms with Crippen LogP contribution < -0.4 is 16.2 Å². The van der Waals surface area contributed by atoms with E-state index in [-0.39, 0.29) is 17.9 Å². The van der Waals surface area contributed by atoms with E-state index in [0.29, 0.717) is 11.1 Å². The van der Waals surface area contributed by atoms with E-state index in [1.54, 1.807) is 61.7 Å². The predicted molar refractivity (Wildman–Crippen MR) is 107 cm³/mol. The Hall–Kier alpha value is -3.87. The molecule has 0 spiro atoms. The first-order chi connectivity index (χ1) is 13.9. The van der Waals surface area contributed by atoms with Gasteiger partial charge < -0.3 is 15.0 Å². The Morgan fingerprint density at radius 1 is 0.931 bits per heavy atom. The van der Waals surface area contributed by atoms with E-state index in [1.165, 1.54) is 4.57 Å². The molecule has 1 saturated heterocycles. The molecule has 0 bridgehead atoms. The molecule has 0 saturated carbocycles. The number of nitrogens with one attached hydrogen (secondary N) is 2. The summed E-state index contributed by atoms with van der Waals surface area (Å²) in [5, 5.41) is 14.4. The smallest absolute Gasteiger partial charge is 0.322 e. The number of hydrogen-bond donors (Lipinski definition) is 3. The molecule has 1 unspecified atom stereocenters. The lowest BCUT2D eigenvalue weighted by molar-refractivity contribution is -0.124. The third-order valence-electron chi connectivity index (χ3n) is 5.14. The summed E-state index contributed by atoms with van der Waals surface area (Å²) in [6.45, 7) is 1.68. The number of benzene rings is 2. The summed E-state index contributed by atoms with van der Waals surface area (Å²) in [5.74, 6) is -0.327. The average Bonchev–Trinajstić information content (AvgIpc) is 3.00. The second kappa shape index (κ2) is 6.94. The van der Waals surface area contributed by atoms with Gasteiger partial charge in [-0.25, -0.2) is 4.79 Å². The van der Waals surface area contributed by atoms with Crippen molar-refractivity contribution in [1.29, 1.82) is 0 Å². The van der Waals surface area contributed by atoms with Crippen molar-refractivity contribution in [1.82, 2.24) is 15.2 Å². The first-order valence-corrected chi connectivity index (χ1v) is 9.09. The van der Waals surface area contributed by atoms with Gasteiger partial charge in [0.05, 0.1) is 6.54 Å². The maximum atomic E-state index is 12.8. The molecule has 4 rings (SSSR count). The fraction of sp³-hybridized carbons (Fsp3) is 0.136. The zero-order valence-electron chi connectivity index (χ0n) is 15.7. The summed E-state index contributed by atoms with van der Waals surface area (Å²) in [5.41, 5.74) is 1.30. The third-order valence-corrected chi connectivity index (χ3v) is 5.14. The minimum atomic E-state index is -1.39.